The molecule has 1 aromatic heterocycles. The van der Waals surface area contributed by atoms with Crippen molar-refractivity contribution >= 4 is 23.4 Å². The van der Waals surface area contributed by atoms with Crippen molar-refractivity contribution in [3.63, 3.8) is 0 Å². The largest absolute Gasteiger partial charge is 0.411 e. The summed E-state index contributed by atoms with van der Waals surface area (Å²) in [5.74, 6) is 0.203. The zero-order chi connectivity index (χ0) is 15.5. The van der Waals surface area contributed by atoms with Crippen molar-refractivity contribution in [2.24, 2.45) is 0 Å². The quantitative estimate of drug-likeness (QED) is 0.600. The van der Waals surface area contributed by atoms with Gasteiger partial charge in [0, 0.05) is 15.8 Å². The van der Waals surface area contributed by atoms with Crippen LogP contribution in [0.15, 0.2) is 58.2 Å². The Morgan fingerprint density at radius 3 is 2.41 bits per heavy atom. The number of benzene rings is 2. The second-order valence-electron chi connectivity index (χ2n) is 4.69. The van der Waals surface area contributed by atoms with Gasteiger partial charge in [0.15, 0.2) is 0 Å². The van der Waals surface area contributed by atoms with Crippen molar-refractivity contribution < 1.29 is 8.81 Å². The summed E-state index contributed by atoms with van der Waals surface area (Å²) in [5.41, 5.74) is 1.82. The Bertz CT molecular complexity index is 759. The highest BCUT2D eigenvalue weighted by Gasteiger charge is 2.14. The number of thioether (sulfide) groups is 1. The van der Waals surface area contributed by atoms with Crippen LogP contribution in [0.5, 0.6) is 0 Å². The Balaban J connectivity index is 1.73. The van der Waals surface area contributed by atoms with Crippen LogP contribution in [0.3, 0.4) is 0 Å². The molecule has 0 aliphatic rings. The van der Waals surface area contributed by atoms with Gasteiger partial charge in [0.05, 0.1) is 0 Å². The molecule has 0 aliphatic carbocycles. The minimum Gasteiger partial charge on any atom is -0.411 e. The first-order valence-electron chi connectivity index (χ1n) is 6.63. The van der Waals surface area contributed by atoms with Crippen molar-refractivity contribution in [3.05, 3.63) is 64.9 Å². The summed E-state index contributed by atoms with van der Waals surface area (Å²) in [6.07, 6.45) is 0. The fraction of sp³-hybridized carbons (Fsp3) is 0.125. The smallest absolute Gasteiger partial charge is 0.277 e. The van der Waals surface area contributed by atoms with Gasteiger partial charge in [-0.2, -0.15) is 0 Å². The van der Waals surface area contributed by atoms with Gasteiger partial charge in [-0.1, -0.05) is 35.5 Å². The van der Waals surface area contributed by atoms with Gasteiger partial charge in [-0.3, -0.25) is 0 Å². The summed E-state index contributed by atoms with van der Waals surface area (Å²) in [6, 6.07) is 13.6. The number of aromatic nitrogens is 2. The van der Waals surface area contributed by atoms with Crippen LogP contribution in [-0.2, 0) is 0 Å². The van der Waals surface area contributed by atoms with Crippen molar-refractivity contribution in [2.45, 2.75) is 17.4 Å². The van der Waals surface area contributed by atoms with Crippen LogP contribution < -0.4 is 0 Å². The molecule has 3 aromatic rings. The molecule has 0 N–H and O–H groups in total. The molecule has 3 rings (SSSR count). The molecule has 0 aliphatic heterocycles. The maximum absolute atomic E-state index is 12.9. The number of hydrogen-bond acceptors (Lipinski definition) is 4. The second kappa shape index (κ2) is 6.50. The van der Waals surface area contributed by atoms with Crippen LogP contribution in [0, 0.1) is 5.82 Å². The fourth-order valence-corrected chi connectivity index (χ4v) is 2.86. The van der Waals surface area contributed by atoms with E-state index in [0.717, 1.165) is 11.1 Å². The van der Waals surface area contributed by atoms with Gasteiger partial charge in [0.25, 0.3) is 5.22 Å². The van der Waals surface area contributed by atoms with Crippen molar-refractivity contribution in [1.29, 1.82) is 0 Å². The van der Waals surface area contributed by atoms with E-state index in [-0.39, 0.29) is 11.1 Å². The molecule has 22 heavy (non-hydrogen) atoms. The normalized spacial score (nSPS) is 12.3. The van der Waals surface area contributed by atoms with E-state index >= 15 is 0 Å². The standard InChI is InChI=1S/C16H12ClFN2OS/c1-10(11-4-8-14(18)9-5-11)22-16-20-19-15(21-16)12-2-6-13(17)7-3-12/h2-10H,1H3/t10-/m0/s1. The SMILES string of the molecule is C[C@H](Sc1nnc(-c2ccc(Cl)cc2)o1)c1ccc(F)cc1. The lowest BCUT2D eigenvalue weighted by molar-refractivity contribution is 0.465. The number of rotatable bonds is 4. The molecule has 112 valence electrons. The molecule has 0 amide bonds. The average Bonchev–Trinajstić information content (AvgIpc) is 2.97. The molecule has 0 saturated carbocycles. The predicted molar refractivity (Wildman–Crippen MR) is 85.4 cm³/mol. The minimum atomic E-state index is -0.247. The maximum Gasteiger partial charge on any atom is 0.277 e. The number of hydrogen-bond donors (Lipinski definition) is 0. The molecule has 0 saturated heterocycles. The summed E-state index contributed by atoms with van der Waals surface area (Å²) >= 11 is 7.29. The van der Waals surface area contributed by atoms with E-state index in [1.807, 2.05) is 19.1 Å². The molecule has 0 radical (unpaired) electrons. The van der Waals surface area contributed by atoms with Crippen LogP contribution in [-0.4, -0.2) is 10.2 Å². The first-order chi connectivity index (χ1) is 10.6. The average molecular weight is 335 g/mol. The zero-order valence-corrected chi connectivity index (χ0v) is 13.2. The van der Waals surface area contributed by atoms with Gasteiger partial charge in [0.1, 0.15) is 5.82 Å². The molecule has 0 unspecified atom stereocenters. The van der Waals surface area contributed by atoms with E-state index in [0.29, 0.717) is 16.1 Å². The first-order valence-corrected chi connectivity index (χ1v) is 7.89. The van der Waals surface area contributed by atoms with Crippen molar-refractivity contribution in [2.75, 3.05) is 0 Å². The molecule has 0 bridgehead atoms. The highest BCUT2D eigenvalue weighted by molar-refractivity contribution is 7.99. The fourth-order valence-electron chi connectivity index (χ4n) is 1.92. The first kappa shape index (κ1) is 15.1. The van der Waals surface area contributed by atoms with Gasteiger partial charge in [-0.15, -0.1) is 10.2 Å². The molecule has 2 aromatic carbocycles. The van der Waals surface area contributed by atoms with E-state index in [1.165, 1.54) is 23.9 Å². The second-order valence-corrected chi connectivity index (χ2v) is 6.42. The van der Waals surface area contributed by atoms with Crippen LogP contribution in [0.2, 0.25) is 5.02 Å². The molecule has 3 nitrogen and oxygen atoms in total. The van der Waals surface area contributed by atoms with Gasteiger partial charge in [-0.05, 0) is 48.9 Å². The Labute approximate surface area is 136 Å². The van der Waals surface area contributed by atoms with E-state index < -0.39 is 0 Å². The molecule has 1 heterocycles. The van der Waals surface area contributed by atoms with Gasteiger partial charge in [-0.25, -0.2) is 4.39 Å². The lowest BCUT2D eigenvalue weighted by atomic mass is 10.2. The Morgan fingerprint density at radius 2 is 1.73 bits per heavy atom. The molecule has 0 fully saturated rings. The number of halogens is 2. The monoisotopic (exact) mass is 334 g/mol. The van der Waals surface area contributed by atoms with Crippen molar-refractivity contribution in [3.8, 4) is 11.5 Å². The molecule has 1 atom stereocenters. The van der Waals surface area contributed by atoms with Crippen LogP contribution >= 0.6 is 23.4 Å². The Hall–Kier alpha value is -1.85. The van der Waals surface area contributed by atoms with Gasteiger partial charge in [0.2, 0.25) is 5.89 Å². The van der Waals surface area contributed by atoms with Crippen LogP contribution in [0.25, 0.3) is 11.5 Å². The third-order valence-electron chi connectivity index (χ3n) is 3.11. The van der Waals surface area contributed by atoms with E-state index in [4.69, 9.17) is 16.0 Å². The maximum atomic E-state index is 12.9. The Morgan fingerprint density at radius 1 is 1.05 bits per heavy atom. The van der Waals surface area contributed by atoms with Gasteiger partial charge < -0.3 is 4.42 Å². The van der Waals surface area contributed by atoms with E-state index in [1.54, 1.807) is 24.3 Å². The summed E-state index contributed by atoms with van der Waals surface area (Å²) in [6.45, 7) is 2.00. The lowest BCUT2D eigenvalue weighted by Crippen LogP contribution is -1.88. The summed E-state index contributed by atoms with van der Waals surface area (Å²) in [5, 5.41) is 9.29. The third kappa shape index (κ3) is 3.48. The molecule has 0 spiro atoms. The Kier molecular flexibility index (Phi) is 4.45. The lowest BCUT2D eigenvalue weighted by Gasteiger charge is -2.08. The zero-order valence-electron chi connectivity index (χ0n) is 11.7. The molecular formula is C16H12ClFN2OS. The predicted octanol–water partition coefficient (Wildman–Crippen LogP) is 5.38. The van der Waals surface area contributed by atoms with E-state index in [9.17, 15) is 4.39 Å². The minimum absolute atomic E-state index is 0.0825. The van der Waals surface area contributed by atoms with Gasteiger partial charge >= 0.3 is 0 Å². The highest BCUT2D eigenvalue weighted by atomic mass is 35.5. The summed E-state index contributed by atoms with van der Waals surface area (Å²) < 4.78 is 18.6. The van der Waals surface area contributed by atoms with Crippen molar-refractivity contribution in [1.82, 2.24) is 10.2 Å². The summed E-state index contributed by atoms with van der Waals surface area (Å²) in [7, 11) is 0. The topological polar surface area (TPSA) is 38.9 Å². The van der Waals surface area contributed by atoms with Crippen LogP contribution in [0.4, 0.5) is 4.39 Å². The number of nitrogens with zero attached hydrogens (tertiary/aromatic N) is 2. The van der Waals surface area contributed by atoms with E-state index in [2.05, 4.69) is 10.2 Å². The molecule has 6 heteroatoms. The van der Waals surface area contributed by atoms with Crippen LogP contribution in [0.1, 0.15) is 17.7 Å². The summed E-state index contributed by atoms with van der Waals surface area (Å²) in [4.78, 5) is 0. The molecular weight excluding hydrogens is 323 g/mol. The third-order valence-corrected chi connectivity index (χ3v) is 4.36. The highest BCUT2D eigenvalue weighted by Crippen LogP contribution is 2.35.